The minimum atomic E-state index is -1.72. The van der Waals surface area contributed by atoms with Crippen molar-refractivity contribution in [2.24, 2.45) is 0 Å². The van der Waals surface area contributed by atoms with E-state index in [9.17, 15) is 51.5 Å². The van der Waals surface area contributed by atoms with E-state index in [1.165, 1.54) is 49.6 Å². The number of carbonyl (C=O) groups excluding carboxylic acids is 8. The minimum absolute atomic E-state index is 0.0437. The smallest absolute Gasteiger partial charge is 0.508 e. The van der Waals surface area contributed by atoms with E-state index in [-0.39, 0.29) is 60.6 Å². The lowest BCUT2D eigenvalue weighted by atomic mass is 10.2. The number of rotatable bonds is 5. The Morgan fingerprint density at radius 3 is 1.52 bits per heavy atom. The third kappa shape index (κ3) is 19.2. The first-order valence-corrected chi connectivity index (χ1v) is 21.2. The summed E-state index contributed by atoms with van der Waals surface area (Å²) >= 11 is 3.24. The van der Waals surface area contributed by atoms with Crippen LogP contribution in [0.4, 0.5) is 37.1 Å². The molecule has 3 fully saturated rings. The van der Waals surface area contributed by atoms with Crippen molar-refractivity contribution in [1.82, 2.24) is 15.1 Å². The van der Waals surface area contributed by atoms with Crippen molar-refractivity contribution in [2.45, 2.75) is 0 Å². The number of amides is 5. The zero-order valence-electron chi connectivity index (χ0n) is 29.5. The standard InChI is InChI=1S/C11H8FNO5.C8H7FO2.C7H5FO2.C4H4ClNO3.C3H5NO2.Al.3ClH/c12-9-5-8(2-1-7(9)6-14)18-11(16)13-3-4-17-10(13)15;1-11-7-3-2-6(5-10)8(9)4-7;8-7-3-6(10)2-1-5(7)4-9;5-3(7)6-1-2-9-4(6)8;5-3-4-1-2-6-3;;;;/h1-2,5-6H,3-4H2;2-5H,1H3;1-4,10H;1-2H2;1-2H2,(H,4,5);;3*1H/q;;;;;+3;;;/p-3. The highest BCUT2D eigenvalue weighted by Gasteiger charge is 2.30. The monoisotopic (exact) mass is 915 g/mol. The SMILES string of the molecule is COc1ccc(C=O)c(F)c1.O=C(Cl)N1CCOC1=O.O=C1NCCO1.O=Cc1ccc(O)cc1F.O=Cc1ccc(OC(=O)N2CCOC2=O)cc1F.[Cl][Al]([Cl])[Cl]. The third-order valence-electron chi connectivity index (χ3n) is 6.31. The lowest BCUT2D eigenvalue weighted by Crippen LogP contribution is -2.34. The van der Waals surface area contributed by atoms with E-state index in [1.54, 1.807) is 0 Å². The number of ether oxygens (including phenoxy) is 5. The lowest BCUT2D eigenvalue weighted by molar-refractivity contribution is 0.111. The van der Waals surface area contributed by atoms with Gasteiger partial charge in [0.1, 0.15) is 54.5 Å². The molecule has 58 heavy (non-hydrogen) atoms. The van der Waals surface area contributed by atoms with Crippen molar-refractivity contribution < 1.29 is 80.3 Å². The molecule has 0 atom stereocenters. The Hall–Kier alpha value is -5.30. The second-order valence-electron chi connectivity index (χ2n) is 10.1. The van der Waals surface area contributed by atoms with E-state index in [2.05, 4.69) is 19.5 Å². The summed E-state index contributed by atoms with van der Waals surface area (Å²) in [6, 6.07) is 10.8. The number of aldehydes is 3. The number of hydrogen-bond donors (Lipinski definition) is 2. The molecule has 0 bridgehead atoms. The Kier molecular flexibility index (Phi) is 23.9. The van der Waals surface area contributed by atoms with E-state index in [0.717, 1.165) is 21.9 Å². The fraction of sp³-hybridized carbons (Fsp3) is 0.212. The molecule has 0 aromatic heterocycles. The highest BCUT2D eigenvalue weighted by molar-refractivity contribution is 7.54. The zero-order chi connectivity index (χ0) is 43.8. The highest BCUT2D eigenvalue weighted by Crippen LogP contribution is 2.18. The molecule has 312 valence electrons. The number of methoxy groups -OCH3 is 1. The number of nitrogens with zero attached hydrogens (tertiary/aromatic N) is 2. The van der Waals surface area contributed by atoms with Gasteiger partial charge in [0, 0.05) is 18.2 Å². The minimum Gasteiger partial charge on any atom is -0.508 e. The van der Waals surface area contributed by atoms with Crippen molar-refractivity contribution >= 4 is 102 Å². The summed E-state index contributed by atoms with van der Waals surface area (Å²) in [5.74, 6) is -1.92. The predicted octanol–water partition coefficient (Wildman–Crippen LogP) is 6.79. The van der Waals surface area contributed by atoms with Gasteiger partial charge in [0.25, 0.3) is 0 Å². The van der Waals surface area contributed by atoms with Gasteiger partial charge in [0.05, 0.1) is 43.4 Å². The average Bonchev–Trinajstić information content (AvgIpc) is 3.95. The summed E-state index contributed by atoms with van der Waals surface area (Å²) in [5.41, 5.74) is -0.140. The van der Waals surface area contributed by atoms with Gasteiger partial charge in [0.15, 0.2) is 18.9 Å². The van der Waals surface area contributed by atoms with Crippen LogP contribution in [-0.4, -0.2) is 121 Å². The van der Waals surface area contributed by atoms with Crippen LogP contribution in [0, 0.1) is 17.5 Å². The number of halogens is 7. The Labute approximate surface area is 348 Å². The Morgan fingerprint density at radius 2 is 1.19 bits per heavy atom. The third-order valence-corrected chi connectivity index (χ3v) is 6.51. The molecule has 2 N–H and O–H groups in total. The van der Waals surface area contributed by atoms with E-state index < -0.39 is 52.5 Å². The van der Waals surface area contributed by atoms with E-state index in [1.807, 2.05) is 0 Å². The summed E-state index contributed by atoms with van der Waals surface area (Å²) in [6.45, 7) is 1.90. The Morgan fingerprint density at radius 1 is 0.741 bits per heavy atom. The van der Waals surface area contributed by atoms with Crippen LogP contribution in [0.15, 0.2) is 54.6 Å². The van der Waals surface area contributed by atoms with Crippen molar-refractivity contribution in [1.29, 1.82) is 0 Å². The molecule has 0 spiro atoms. The molecule has 3 aromatic carbocycles. The van der Waals surface area contributed by atoms with Crippen molar-refractivity contribution in [2.75, 3.05) is 46.6 Å². The maximum Gasteiger partial charge on any atom is 0.643 e. The molecule has 3 saturated heterocycles. The van der Waals surface area contributed by atoms with Gasteiger partial charge in [-0.25, -0.2) is 72.3 Å². The number of hydrogen-bond acceptors (Lipinski definition) is 14. The summed E-state index contributed by atoms with van der Waals surface area (Å²) in [6.07, 6.45) is -1.49. The van der Waals surface area contributed by atoms with E-state index in [4.69, 9.17) is 56.3 Å². The van der Waals surface area contributed by atoms with Gasteiger partial charge in [-0.1, -0.05) is 0 Å². The average molecular weight is 917 g/mol. The molecule has 0 aliphatic carbocycles. The van der Waals surface area contributed by atoms with Gasteiger partial charge < -0.3 is 34.1 Å². The van der Waals surface area contributed by atoms with E-state index >= 15 is 0 Å². The fourth-order valence-electron chi connectivity index (χ4n) is 3.63. The fourth-order valence-corrected chi connectivity index (χ4v) is 3.78. The molecule has 5 amide bonds. The second-order valence-corrected chi connectivity index (χ2v) is 16.8. The van der Waals surface area contributed by atoms with Gasteiger partial charge in [-0.15, -0.1) is 0 Å². The number of alkyl carbamates (subject to hydrolysis) is 1. The van der Waals surface area contributed by atoms with Crippen LogP contribution < -0.4 is 14.8 Å². The van der Waals surface area contributed by atoms with Crippen LogP contribution in [0.25, 0.3) is 0 Å². The van der Waals surface area contributed by atoms with Crippen LogP contribution in [0.3, 0.4) is 0 Å². The van der Waals surface area contributed by atoms with Gasteiger partial charge >= 0.3 is 41.1 Å². The number of aromatic hydroxyl groups is 1. The van der Waals surface area contributed by atoms with Gasteiger partial charge in [-0.2, -0.15) is 0 Å². The topological polar surface area (TPSA) is 221 Å². The number of cyclic esters (lactones) is 3. The van der Waals surface area contributed by atoms with Crippen molar-refractivity contribution in [3.8, 4) is 17.2 Å². The molecule has 25 heteroatoms. The number of carbonyl (C=O) groups is 8. The predicted molar refractivity (Wildman–Crippen MR) is 200 cm³/mol. The number of imide groups is 2. The Balaban J connectivity index is 0.000000369. The zero-order valence-corrected chi connectivity index (χ0v) is 33.7. The van der Waals surface area contributed by atoms with Gasteiger partial charge in [0.2, 0.25) is 0 Å². The maximum atomic E-state index is 13.2. The van der Waals surface area contributed by atoms with Crippen LogP contribution in [0.5, 0.6) is 17.2 Å². The molecule has 0 saturated carbocycles. The molecule has 3 aliphatic rings. The first-order valence-electron chi connectivity index (χ1n) is 15.6. The first-order chi connectivity index (χ1) is 27.5. The van der Waals surface area contributed by atoms with Crippen molar-refractivity contribution in [3.05, 3.63) is 88.7 Å². The van der Waals surface area contributed by atoms with Crippen LogP contribution >= 0.6 is 41.7 Å². The molecule has 3 heterocycles. The summed E-state index contributed by atoms with van der Waals surface area (Å²) in [7, 11) is 16.3. The molecule has 6 rings (SSSR count). The van der Waals surface area contributed by atoms with Gasteiger partial charge in [-0.05, 0) is 48.0 Å². The number of benzene rings is 3. The summed E-state index contributed by atoms with van der Waals surface area (Å²) in [4.78, 5) is 85.3. The maximum absolute atomic E-state index is 13.2. The van der Waals surface area contributed by atoms with Gasteiger partial charge in [-0.3, -0.25) is 19.2 Å². The van der Waals surface area contributed by atoms with E-state index in [0.29, 0.717) is 37.8 Å². The largest absolute Gasteiger partial charge is 0.643 e. The molecule has 0 unspecified atom stereocenters. The first kappa shape index (κ1) is 50.7. The van der Waals surface area contributed by atoms with Crippen molar-refractivity contribution in [3.63, 3.8) is 0 Å². The highest BCUT2D eigenvalue weighted by atomic mass is 35.8. The van der Waals surface area contributed by atoms with Crippen LogP contribution in [-0.2, 0) is 14.2 Å². The summed E-state index contributed by atoms with van der Waals surface area (Å²) in [5, 5.41) is 10.4. The number of nitrogens with one attached hydrogen (secondary N) is 1. The van der Waals surface area contributed by atoms with Crippen LogP contribution in [0.1, 0.15) is 31.1 Å². The number of phenols is 1. The van der Waals surface area contributed by atoms with Crippen LogP contribution in [0.2, 0.25) is 0 Å². The Bertz CT molecular complexity index is 1910. The molecular formula is C33H29AlCl4F3N3O14. The molecular weight excluding hydrogens is 888 g/mol. The lowest BCUT2D eigenvalue weighted by Gasteiger charge is -2.10. The quantitative estimate of drug-likeness (QED) is 0.0885. The second kappa shape index (κ2) is 27.4. The molecule has 3 aliphatic heterocycles. The molecule has 0 radical (unpaired) electrons. The summed E-state index contributed by atoms with van der Waals surface area (Å²) < 4.78 is 61.3. The normalized spacial score (nSPS) is 13.1. The molecule has 3 aromatic rings. The molecule has 17 nitrogen and oxygen atoms in total. The number of phenolic OH excluding ortho intramolecular Hbond substituents is 1.